The molecule has 1 aromatic heterocycles. The summed E-state index contributed by atoms with van der Waals surface area (Å²) in [6, 6.07) is 65.1. The van der Waals surface area contributed by atoms with E-state index in [1.54, 1.807) is 0 Å². The molecule has 2 nitrogen and oxygen atoms in total. The summed E-state index contributed by atoms with van der Waals surface area (Å²) >= 11 is 0. The first kappa shape index (κ1) is 27.1. The highest BCUT2D eigenvalue weighted by molar-refractivity contribution is 6.22. The van der Waals surface area contributed by atoms with E-state index in [4.69, 9.17) is 4.98 Å². The summed E-state index contributed by atoms with van der Waals surface area (Å²) in [7, 11) is 0. The average molecular weight is 599 g/mol. The van der Waals surface area contributed by atoms with Crippen molar-refractivity contribution in [3.05, 3.63) is 182 Å². The third-order valence-electron chi connectivity index (χ3n) is 9.18. The lowest BCUT2D eigenvalue weighted by molar-refractivity contribution is 1.10. The second-order valence-electron chi connectivity index (χ2n) is 12.0. The standard InChI is InChI=1S/C45H30N2/c1-4-15-31(16-5-1)43-37-23-10-11-24-38(37)44(32-17-6-2-7-18-32)40-30-34(27-28-39(40)43)33-19-14-20-35(29-33)45-46-41-25-12-13-26-42(41)47(45)36-21-8-3-9-22-36/h1-30H. The molecule has 220 valence electrons. The molecule has 0 radical (unpaired) electrons. The quantitative estimate of drug-likeness (QED) is 0.180. The van der Waals surface area contributed by atoms with Gasteiger partial charge in [0.25, 0.3) is 0 Å². The molecule has 47 heavy (non-hydrogen) atoms. The minimum Gasteiger partial charge on any atom is -0.292 e. The maximum absolute atomic E-state index is 5.14. The first-order valence-corrected chi connectivity index (χ1v) is 16.1. The molecule has 0 N–H and O–H groups in total. The molecule has 8 aromatic carbocycles. The van der Waals surface area contributed by atoms with Gasteiger partial charge in [0.2, 0.25) is 0 Å². The third-order valence-corrected chi connectivity index (χ3v) is 9.18. The van der Waals surface area contributed by atoms with Gasteiger partial charge < -0.3 is 0 Å². The molecular formula is C45H30N2. The molecule has 0 fully saturated rings. The number of benzene rings is 8. The number of fused-ring (bicyclic) bond motifs is 3. The van der Waals surface area contributed by atoms with Gasteiger partial charge in [0.1, 0.15) is 5.82 Å². The van der Waals surface area contributed by atoms with Crippen LogP contribution in [0.25, 0.3) is 83.0 Å². The van der Waals surface area contributed by atoms with E-state index in [2.05, 4.69) is 187 Å². The van der Waals surface area contributed by atoms with E-state index < -0.39 is 0 Å². The van der Waals surface area contributed by atoms with Crippen LogP contribution in [0.4, 0.5) is 0 Å². The predicted octanol–water partition coefficient (Wildman–Crippen LogP) is 12.0. The number of nitrogens with zero attached hydrogens (tertiary/aromatic N) is 2. The van der Waals surface area contributed by atoms with Crippen LogP contribution in [0.1, 0.15) is 0 Å². The van der Waals surface area contributed by atoms with Crippen molar-refractivity contribution in [3.63, 3.8) is 0 Å². The van der Waals surface area contributed by atoms with Crippen LogP contribution in [-0.2, 0) is 0 Å². The van der Waals surface area contributed by atoms with Crippen molar-refractivity contribution in [1.29, 1.82) is 0 Å². The average Bonchev–Trinajstić information content (AvgIpc) is 3.54. The van der Waals surface area contributed by atoms with E-state index in [0.29, 0.717) is 0 Å². The minimum absolute atomic E-state index is 0.933. The Hall–Kier alpha value is -6.25. The Bertz CT molecular complexity index is 2550. The summed E-state index contributed by atoms with van der Waals surface area (Å²) in [5.74, 6) is 0.933. The summed E-state index contributed by atoms with van der Waals surface area (Å²) in [6.45, 7) is 0. The summed E-state index contributed by atoms with van der Waals surface area (Å²) in [5.41, 5.74) is 11.6. The Morgan fingerprint density at radius 1 is 0.340 bits per heavy atom. The lowest BCUT2D eigenvalue weighted by atomic mass is 9.85. The van der Waals surface area contributed by atoms with Crippen LogP contribution in [0, 0.1) is 0 Å². The number of aromatic nitrogens is 2. The van der Waals surface area contributed by atoms with Crippen molar-refractivity contribution in [1.82, 2.24) is 9.55 Å². The Morgan fingerprint density at radius 2 is 0.851 bits per heavy atom. The van der Waals surface area contributed by atoms with Crippen LogP contribution in [0.2, 0.25) is 0 Å². The molecule has 0 bridgehead atoms. The zero-order valence-corrected chi connectivity index (χ0v) is 25.7. The van der Waals surface area contributed by atoms with E-state index in [0.717, 1.165) is 33.7 Å². The zero-order chi connectivity index (χ0) is 31.2. The zero-order valence-electron chi connectivity index (χ0n) is 25.7. The molecule has 0 saturated heterocycles. The molecule has 0 atom stereocenters. The lowest BCUT2D eigenvalue weighted by Gasteiger charge is -2.19. The number of para-hydroxylation sites is 3. The first-order chi connectivity index (χ1) is 23.3. The van der Waals surface area contributed by atoms with Crippen molar-refractivity contribution in [3.8, 4) is 50.5 Å². The fourth-order valence-corrected chi connectivity index (χ4v) is 7.09. The maximum Gasteiger partial charge on any atom is 0.145 e. The Kier molecular flexibility index (Phi) is 6.50. The van der Waals surface area contributed by atoms with E-state index in [1.165, 1.54) is 49.4 Å². The summed E-state index contributed by atoms with van der Waals surface area (Å²) < 4.78 is 2.26. The highest BCUT2D eigenvalue weighted by atomic mass is 15.1. The van der Waals surface area contributed by atoms with Crippen LogP contribution in [0.3, 0.4) is 0 Å². The molecule has 0 unspecified atom stereocenters. The molecule has 2 heteroatoms. The second kappa shape index (κ2) is 11.3. The maximum atomic E-state index is 5.14. The Balaban J connectivity index is 1.29. The molecule has 0 aliphatic heterocycles. The smallest absolute Gasteiger partial charge is 0.145 e. The number of hydrogen-bond donors (Lipinski definition) is 0. The van der Waals surface area contributed by atoms with Crippen molar-refractivity contribution in [2.24, 2.45) is 0 Å². The van der Waals surface area contributed by atoms with E-state index in [9.17, 15) is 0 Å². The highest BCUT2D eigenvalue weighted by Crippen LogP contribution is 2.45. The normalized spacial score (nSPS) is 11.4. The van der Waals surface area contributed by atoms with Gasteiger partial charge in [0.05, 0.1) is 11.0 Å². The molecule has 0 amide bonds. The molecular weight excluding hydrogens is 569 g/mol. The van der Waals surface area contributed by atoms with Gasteiger partial charge >= 0.3 is 0 Å². The molecule has 0 aliphatic carbocycles. The molecule has 1 heterocycles. The van der Waals surface area contributed by atoms with Crippen molar-refractivity contribution in [2.45, 2.75) is 0 Å². The van der Waals surface area contributed by atoms with Crippen LogP contribution < -0.4 is 0 Å². The van der Waals surface area contributed by atoms with Crippen LogP contribution in [0.5, 0.6) is 0 Å². The van der Waals surface area contributed by atoms with Gasteiger partial charge in [0.15, 0.2) is 0 Å². The minimum atomic E-state index is 0.933. The van der Waals surface area contributed by atoms with Gasteiger partial charge in [-0.15, -0.1) is 0 Å². The third kappa shape index (κ3) is 4.62. The monoisotopic (exact) mass is 598 g/mol. The van der Waals surface area contributed by atoms with Crippen molar-refractivity contribution >= 4 is 32.6 Å². The summed E-state index contributed by atoms with van der Waals surface area (Å²) in [6.07, 6.45) is 0. The number of imidazole rings is 1. The largest absolute Gasteiger partial charge is 0.292 e. The van der Waals surface area contributed by atoms with Crippen LogP contribution in [-0.4, -0.2) is 9.55 Å². The molecule has 0 spiro atoms. The molecule has 0 saturated carbocycles. The van der Waals surface area contributed by atoms with Gasteiger partial charge in [0, 0.05) is 11.3 Å². The Morgan fingerprint density at radius 3 is 1.55 bits per heavy atom. The molecule has 0 aliphatic rings. The van der Waals surface area contributed by atoms with E-state index in [-0.39, 0.29) is 0 Å². The van der Waals surface area contributed by atoms with Gasteiger partial charge in [-0.1, -0.05) is 146 Å². The molecule has 9 aromatic rings. The topological polar surface area (TPSA) is 17.8 Å². The van der Waals surface area contributed by atoms with Crippen LogP contribution in [0.15, 0.2) is 182 Å². The number of hydrogen-bond acceptors (Lipinski definition) is 1. The first-order valence-electron chi connectivity index (χ1n) is 16.1. The number of rotatable bonds is 5. The molecule has 9 rings (SSSR count). The SMILES string of the molecule is c1ccc(-c2c3ccccc3c(-c3ccccc3)c3cc(-c4cccc(-c5nc6ccccc6n5-c5ccccc5)c4)ccc23)cc1. The fourth-order valence-electron chi connectivity index (χ4n) is 7.09. The second-order valence-corrected chi connectivity index (χ2v) is 12.0. The predicted molar refractivity (Wildman–Crippen MR) is 198 cm³/mol. The van der Waals surface area contributed by atoms with Gasteiger partial charge in [-0.25, -0.2) is 4.98 Å². The van der Waals surface area contributed by atoms with Gasteiger partial charge in [-0.2, -0.15) is 0 Å². The highest BCUT2D eigenvalue weighted by Gasteiger charge is 2.18. The van der Waals surface area contributed by atoms with E-state index in [1.807, 2.05) is 0 Å². The fraction of sp³-hybridized carbons (Fsp3) is 0. The van der Waals surface area contributed by atoms with Crippen molar-refractivity contribution in [2.75, 3.05) is 0 Å². The van der Waals surface area contributed by atoms with Gasteiger partial charge in [-0.05, 0) is 91.3 Å². The van der Waals surface area contributed by atoms with E-state index >= 15 is 0 Å². The van der Waals surface area contributed by atoms with Crippen LogP contribution >= 0.6 is 0 Å². The Labute approximate surface area is 273 Å². The summed E-state index contributed by atoms with van der Waals surface area (Å²) in [5, 5.41) is 5.01. The van der Waals surface area contributed by atoms with Gasteiger partial charge in [-0.3, -0.25) is 4.57 Å². The lowest BCUT2D eigenvalue weighted by Crippen LogP contribution is -1.97. The van der Waals surface area contributed by atoms with Crippen molar-refractivity contribution < 1.29 is 0 Å². The summed E-state index contributed by atoms with van der Waals surface area (Å²) in [4.78, 5) is 5.14.